The zero-order valence-electron chi connectivity index (χ0n) is 33.0. The van der Waals surface area contributed by atoms with Crippen LogP contribution in [0.5, 0.6) is 0 Å². The van der Waals surface area contributed by atoms with Gasteiger partial charge in [-0.25, -0.2) is 0 Å². The Morgan fingerprint density at radius 3 is 1.31 bits per heavy atom. The zero-order chi connectivity index (χ0) is 39.3. The number of hydrogen-bond acceptors (Lipinski definition) is 1. The molecular formula is C56H41N3. The monoisotopic (exact) mass is 755 g/mol. The molecule has 280 valence electrons. The van der Waals surface area contributed by atoms with Gasteiger partial charge in [-0.3, -0.25) is 0 Å². The van der Waals surface area contributed by atoms with Crippen molar-refractivity contribution in [3.63, 3.8) is 0 Å². The Bertz CT molecular complexity index is 3150. The molecule has 0 fully saturated rings. The highest BCUT2D eigenvalue weighted by Gasteiger charge is 2.47. The molecule has 12 rings (SSSR count). The second kappa shape index (κ2) is 12.6. The molecule has 0 radical (unpaired) electrons. The highest BCUT2D eigenvalue weighted by Crippen LogP contribution is 2.59. The van der Waals surface area contributed by atoms with Crippen LogP contribution in [0.15, 0.2) is 212 Å². The van der Waals surface area contributed by atoms with Gasteiger partial charge in [0.25, 0.3) is 0 Å². The average Bonchev–Trinajstić information content (AvgIpc) is 3.91. The van der Waals surface area contributed by atoms with Crippen LogP contribution >= 0.6 is 0 Å². The quantitative estimate of drug-likeness (QED) is 0.170. The molecule has 2 aliphatic rings. The van der Waals surface area contributed by atoms with Gasteiger partial charge in [-0.1, -0.05) is 172 Å². The minimum Gasteiger partial charge on any atom is -0.310 e. The fraction of sp³-hybridized carbons (Fsp3) is 0.0714. The van der Waals surface area contributed by atoms with E-state index in [1.54, 1.807) is 0 Å². The fourth-order valence-corrected chi connectivity index (χ4v) is 10.9. The summed E-state index contributed by atoms with van der Waals surface area (Å²) in [5.74, 6) is 0. The maximum atomic E-state index is 2.54. The summed E-state index contributed by atoms with van der Waals surface area (Å²) in [6.45, 7) is 4.83. The lowest BCUT2D eigenvalue weighted by molar-refractivity contribution is 0.672. The van der Waals surface area contributed by atoms with E-state index in [9.17, 15) is 0 Å². The van der Waals surface area contributed by atoms with E-state index in [1.165, 1.54) is 83.6 Å². The Hall–Kier alpha value is -7.36. The van der Waals surface area contributed by atoms with Crippen LogP contribution in [0, 0.1) is 0 Å². The van der Waals surface area contributed by atoms with E-state index in [4.69, 9.17) is 0 Å². The van der Waals surface area contributed by atoms with E-state index in [2.05, 4.69) is 240 Å². The van der Waals surface area contributed by atoms with Gasteiger partial charge in [0.15, 0.2) is 0 Å². The van der Waals surface area contributed by atoms with Crippen LogP contribution in [-0.2, 0) is 10.8 Å². The number of rotatable bonds is 5. The average molecular weight is 756 g/mol. The molecule has 2 aromatic heterocycles. The van der Waals surface area contributed by atoms with Crippen molar-refractivity contribution in [3.05, 3.63) is 246 Å². The van der Waals surface area contributed by atoms with Gasteiger partial charge in [-0.15, -0.1) is 0 Å². The maximum absolute atomic E-state index is 2.54. The second-order valence-corrected chi connectivity index (χ2v) is 16.5. The van der Waals surface area contributed by atoms with Crippen molar-refractivity contribution >= 4 is 38.9 Å². The predicted molar refractivity (Wildman–Crippen MR) is 244 cm³/mol. The van der Waals surface area contributed by atoms with E-state index in [-0.39, 0.29) is 5.41 Å². The topological polar surface area (TPSA) is 13.1 Å². The van der Waals surface area contributed by atoms with Gasteiger partial charge in [0.05, 0.1) is 39.2 Å². The fourth-order valence-electron chi connectivity index (χ4n) is 10.9. The van der Waals surface area contributed by atoms with E-state index < -0.39 is 5.41 Å². The Morgan fingerprint density at radius 2 is 0.763 bits per heavy atom. The predicted octanol–water partition coefficient (Wildman–Crippen LogP) is 14.0. The summed E-state index contributed by atoms with van der Waals surface area (Å²) in [6, 6.07) is 78.1. The lowest BCUT2D eigenvalue weighted by Crippen LogP contribution is -2.37. The number of para-hydroxylation sites is 5. The Morgan fingerprint density at radius 1 is 0.356 bits per heavy atom. The molecular weight excluding hydrogens is 715 g/mol. The Balaban J connectivity index is 1.13. The van der Waals surface area contributed by atoms with E-state index >= 15 is 0 Å². The van der Waals surface area contributed by atoms with Crippen molar-refractivity contribution in [2.75, 3.05) is 4.90 Å². The molecule has 3 nitrogen and oxygen atoms in total. The molecule has 3 heterocycles. The standard InChI is InChI=1S/C56H41N3/c1-55(2)51-43-29-12-16-33-47(43)58(40-25-10-5-11-26-40)53(51)54-52(55)44-30-13-17-34-48(44)59(54)42-28-20-27-41(37-42)57-49-35-18-14-31-45(49)56(38-21-6-3-7-22-38,39-23-8-4-9-24-39)46-32-15-19-36-50(46)57/h3-37H,1-2H3. The zero-order valence-corrected chi connectivity index (χ0v) is 33.0. The first kappa shape index (κ1) is 33.7. The first-order valence-corrected chi connectivity index (χ1v) is 20.6. The highest BCUT2D eigenvalue weighted by atomic mass is 15.2. The van der Waals surface area contributed by atoms with Crippen LogP contribution in [0.1, 0.15) is 47.2 Å². The summed E-state index contributed by atoms with van der Waals surface area (Å²) in [6.07, 6.45) is 0. The molecule has 0 spiro atoms. The van der Waals surface area contributed by atoms with Crippen LogP contribution in [0.2, 0.25) is 0 Å². The number of anilines is 3. The molecule has 0 saturated heterocycles. The molecule has 10 aromatic rings. The smallest absolute Gasteiger partial charge is 0.0753 e. The lowest BCUT2D eigenvalue weighted by Gasteiger charge is -2.46. The van der Waals surface area contributed by atoms with Crippen molar-refractivity contribution in [1.29, 1.82) is 0 Å². The van der Waals surface area contributed by atoms with E-state index in [1.807, 2.05) is 0 Å². The van der Waals surface area contributed by atoms with Crippen molar-refractivity contribution < 1.29 is 0 Å². The van der Waals surface area contributed by atoms with Gasteiger partial charge in [-0.05, 0) is 88.0 Å². The minimum atomic E-state index is -0.520. The molecule has 0 saturated carbocycles. The van der Waals surface area contributed by atoms with E-state index in [0.717, 1.165) is 11.4 Å². The van der Waals surface area contributed by atoms with Crippen LogP contribution in [0.25, 0.3) is 44.6 Å². The summed E-state index contributed by atoms with van der Waals surface area (Å²) in [4.78, 5) is 2.49. The Kier molecular flexibility index (Phi) is 7.19. The minimum absolute atomic E-state index is 0.240. The van der Waals surface area contributed by atoms with Crippen LogP contribution in [0.3, 0.4) is 0 Å². The van der Waals surface area contributed by atoms with Crippen LogP contribution in [-0.4, -0.2) is 9.13 Å². The third-order valence-electron chi connectivity index (χ3n) is 13.1. The summed E-state index contributed by atoms with van der Waals surface area (Å²) < 4.78 is 5.04. The third-order valence-corrected chi connectivity index (χ3v) is 13.1. The van der Waals surface area contributed by atoms with Crippen LogP contribution in [0.4, 0.5) is 17.1 Å². The second-order valence-electron chi connectivity index (χ2n) is 16.5. The normalized spacial score (nSPS) is 14.5. The summed E-state index contributed by atoms with van der Waals surface area (Å²) in [5.41, 5.74) is 17.7. The van der Waals surface area contributed by atoms with Gasteiger partial charge < -0.3 is 14.0 Å². The van der Waals surface area contributed by atoms with Crippen molar-refractivity contribution in [2.24, 2.45) is 0 Å². The molecule has 3 heteroatoms. The SMILES string of the molecule is CC1(C)c2c(n(-c3ccccc3)c3ccccc23)-c2c1c1ccccc1n2-c1cccc(N2c3ccccc3C(c3ccccc3)(c3ccccc3)c3ccccc32)c1. The highest BCUT2D eigenvalue weighted by molar-refractivity contribution is 6.06. The van der Waals surface area contributed by atoms with Gasteiger partial charge in [-0.2, -0.15) is 0 Å². The number of fused-ring (bicyclic) bond motifs is 9. The third kappa shape index (κ3) is 4.53. The molecule has 1 aliphatic carbocycles. The number of benzene rings is 8. The molecule has 8 aromatic carbocycles. The van der Waals surface area contributed by atoms with Gasteiger partial charge in [0, 0.05) is 33.2 Å². The molecule has 0 N–H and O–H groups in total. The van der Waals surface area contributed by atoms with Crippen LogP contribution < -0.4 is 4.90 Å². The van der Waals surface area contributed by atoms with Crippen molar-refractivity contribution in [2.45, 2.75) is 24.7 Å². The van der Waals surface area contributed by atoms with Gasteiger partial charge in [0.1, 0.15) is 0 Å². The largest absolute Gasteiger partial charge is 0.310 e. The lowest BCUT2D eigenvalue weighted by atomic mass is 9.62. The number of hydrogen-bond donors (Lipinski definition) is 0. The number of nitrogens with zero attached hydrogens (tertiary/aromatic N) is 3. The molecule has 0 amide bonds. The first-order chi connectivity index (χ1) is 29.1. The Labute approximate surface area is 344 Å². The van der Waals surface area contributed by atoms with E-state index in [0.29, 0.717) is 0 Å². The summed E-state index contributed by atoms with van der Waals surface area (Å²) in [5, 5.41) is 2.60. The molecule has 0 unspecified atom stereocenters. The van der Waals surface area contributed by atoms with Gasteiger partial charge in [0.2, 0.25) is 0 Å². The van der Waals surface area contributed by atoms with Crippen molar-refractivity contribution in [3.8, 4) is 22.8 Å². The summed E-state index contributed by atoms with van der Waals surface area (Å²) in [7, 11) is 0. The molecule has 0 bridgehead atoms. The van der Waals surface area contributed by atoms with Crippen molar-refractivity contribution in [1.82, 2.24) is 9.13 Å². The molecule has 0 atom stereocenters. The molecule has 59 heavy (non-hydrogen) atoms. The molecule has 1 aliphatic heterocycles. The summed E-state index contributed by atoms with van der Waals surface area (Å²) >= 11 is 0. The maximum Gasteiger partial charge on any atom is 0.0753 e. The first-order valence-electron chi connectivity index (χ1n) is 20.6. The van der Waals surface area contributed by atoms with Gasteiger partial charge >= 0.3 is 0 Å². The number of aromatic nitrogens is 2.